The van der Waals surface area contributed by atoms with Gasteiger partial charge in [-0.3, -0.25) is 4.52 Å². The Hall–Kier alpha value is -2.80. The molecule has 186 valence electrons. The third-order valence-electron chi connectivity index (χ3n) is 5.85. The fourth-order valence-electron chi connectivity index (χ4n) is 3.48. The molecule has 0 aliphatic heterocycles. The van der Waals surface area contributed by atoms with E-state index >= 15 is 0 Å². The Morgan fingerprint density at radius 2 is 1.51 bits per heavy atom. The van der Waals surface area contributed by atoms with Crippen LogP contribution < -0.4 is 0 Å². The first-order valence-electron chi connectivity index (χ1n) is 11.4. The quantitative estimate of drug-likeness (QED) is 0.177. The monoisotopic (exact) mass is 497 g/mol. The molecule has 0 fully saturated rings. The van der Waals surface area contributed by atoms with Crippen molar-refractivity contribution in [3.05, 3.63) is 95.6 Å². The van der Waals surface area contributed by atoms with Gasteiger partial charge in [0, 0.05) is 5.41 Å². The Balaban J connectivity index is 1.50. The van der Waals surface area contributed by atoms with E-state index in [1.54, 1.807) is 6.92 Å². The number of hydrogen-bond donors (Lipinski definition) is 3. The first-order chi connectivity index (χ1) is 16.7. The molecule has 7 nitrogen and oxygen atoms in total. The molecule has 0 spiro atoms. The number of benzene rings is 3. The summed E-state index contributed by atoms with van der Waals surface area (Å²) in [6.45, 7) is 3.55. The number of hydrogen-bond acceptors (Lipinski definition) is 5. The summed E-state index contributed by atoms with van der Waals surface area (Å²) < 4.78 is 15.6. The molecule has 0 radical (unpaired) electrons. The van der Waals surface area contributed by atoms with Gasteiger partial charge in [-0.1, -0.05) is 90.9 Å². The maximum atomic E-state index is 11.0. The van der Waals surface area contributed by atoms with Gasteiger partial charge in [0.1, 0.15) is 6.61 Å². The highest BCUT2D eigenvalue weighted by atomic mass is 31.2. The summed E-state index contributed by atoms with van der Waals surface area (Å²) in [6.07, 6.45) is 1.15. The van der Waals surface area contributed by atoms with E-state index in [9.17, 15) is 9.67 Å². The lowest BCUT2D eigenvalue weighted by molar-refractivity contribution is 0.0576. The lowest BCUT2D eigenvalue weighted by atomic mass is 9.86. The molecule has 1 unspecified atom stereocenters. The first-order valence-corrected chi connectivity index (χ1v) is 12.9. The predicted molar refractivity (Wildman–Crippen MR) is 137 cm³/mol. The predicted octanol–water partition coefficient (Wildman–Crippen LogP) is 5.33. The topological polar surface area (TPSA) is 109 Å². The number of oxime groups is 1. The van der Waals surface area contributed by atoms with Crippen molar-refractivity contribution in [2.45, 2.75) is 33.3 Å². The summed E-state index contributed by atoms with van der Waals surface area (Å²) in [7, 11) is -4.57. The molecule has 0 saturated carbocycles. The van der Waals surface area contributed by atoms with Crippen molar-refractivity contribution in [3.63, 3.8) is 0 Å². The van der Waals surface area contributed by atoms with Gasteiger partial charge < -0.3 is 19.7 Å². The van der Waals surface area contributed by atoms with Crippen molar-refractivity contribution >= 4 is 13.5 Å². The molecule has 0 aliphatic carbocycles. The Bertz CT molecular complexity index is 1140. The van der Waals surface area contributed by atoms with Crippen LogP contribution in [0.15, 0.2) is 84.0 Å². The van der Waals surface area contributed by atoms with Gasteiger partial charge >= 0.3 is 7.82 Å². The summed E-state index contributed by atoms with van der Waals surface area (Å²) in [5.74, 6) is 0. The van der Waals surface area contributed by atoms with Crippen LogP contribution in [0.5, 0.6) is 0 Å². The van der Waals surface area contributed by atoms with Gasteiger partial charge in [0.05, 0.1) is 18.9 Å². The molecule has 35 heavy (non-hydrogen) atoms. The average molecular weight is 498 g/mol. The molecule has 0 heterocycles. The maximum Gasteiger partial charge on any atom is 0.469 e. The van der Waals surface area contributed by atoms with Crippen LogP contribution >= 0.6 is 7.82 Å². The van der Waals surface area contributed by atoms with E-state index in [0.717, 1.165) is 28.0 Å². The fourth-order valence-corrected chi connectivity index (χ4v) is 3.96. The number of aryl methyl sites for hydroxylation is 1. The van der Waals surface area contributed by atoms with Crippen molar-refractivity contribution in [2.75, 3.05) is 13.2 Å². The Morgan fingerprint density at radius 1 is 0.914 bits per heavy atom. The Morgan fingerprint density at radius 3 is 2.11 bits per heavy atom. The zero-order valence-electron chi connectivity index (χ0n) is 20.0. The van der Waals surface area contributed by atoms with E-state index in [-0.39, 0.29) is 13.2 Å². The Kier molecular flexibility index (Phi) is 9.38. The van der Waals surface area contributed by atoms with Crippen molar-refractivity contribution in [2.24, 2.45) is 10.6 Å². The van der Waals surface area contributed by atoms with Crippen LogP contribution in [0.4, 0.5) is 0 Å². The molecule has 0 amide bonds. The molecular formula is C27H32NO6P. The number of rotatable bonds is 12. The molecule has 3 N–H and O–H groups in total. The van der Waals surface area contributed by atoms with Gasteiger partial charge in [0.2, 0.25) is 0 Å². The van der Waals surface area contributed by atoms with Crippen LogP contribution in [0.2, 0.25) is 0 Å². The molecular weight excluding hydrogens is 465 g/mol. The third-order valence-corrected chi connectivity index (χ3v) is 6.31. The van der Waals surface area contributed by atoms with E-state index in [2.05, 4.69) is 33.9 Å². The van der Waals surface area contributed by atoms with E-state index in [1.165, 1.54) is 5.56 Å². The largest absolute Gasteiger partial charge is 0.469 e. The van der Waals surface area contributed by atoms with E-state index in [0.29, 0.717) is 19.4 Å². The standard InChI is InChI=1S/C27H32NO6P/c1-21(28-33-18-23-10-14-26(15-11-23)25-6-4-3-5-7-25)24-12-8-22(9-13-24)16-17-27(2,19-29)20-34-35(30,31)32/h3-15,29H,16-20H2,1-2H3,(H2,30,31,32)/b28-21+. The van der Waals surface area contributed by atoms with Gasteiger partial charge in [0.15, 0.2) is 0 Å². The summed E-state index contributed by atoms with van der Waals surface area (Å²) in [5, 5.41) is 13.9. The van der Waals surface area contributed by atoms with E-state index in [1.807, 2.05) is 61.5 Å². The average Bonchev–Trinajstić information content (AvgIpc) is 2.87. The van der Waals surface area contributed by atoms with Gasteiger partial charge in [-0.15, -0.1) is 0 Å². The highest BCUT2D eigenvalue weighted by Crippen LogP contribution is 2.39. The zero-order chi connectivity index (χ0) is 25.3. The van der Waals surface area contributed by atoms with Crippen molar-refractivity contribution < 1.29 is 28.8 Å². The zero-order valence-corrected chi connectivity index (χ0v) is 20.9. The second kappa shape index (κ2) is 12.2. The maximum absolute atomic E-state index is 11.0. The molecule has 0 aromatic heterocycles. The molecule has 8 heteroatoms. The highest BCUT2D eigenvalue weighted by molar-refractivity contribution is 7.46. The Labute approximate surface area is 206 Å². The number of nitrogens with zero attached hydrogens (tertiary/aromatic N) is 1. The third kappa shape index (κ3) is 8.73. The molecule has 0 bridgehead atoms. The van der Waals surface area contributed by atoms with Crippen LogP contribution in [0, 0.1) is 5.41 Å². The van der Waals surface area contributed by atoms with E-state index < -0.39 is 13.2 Å². The number of aliphatic hydroxyl groups is 1. The number of phosphoric ester groups is 1. The van der Waals surface area contributed by atoms with Crippen LogP contribution in [-0.4, -0.2) is 33.8 Å². The van der Waals surface area contributed by atoms with Gasteiger partial charge in [0.25, 0.3) is 0 Å². The second-order valence-corrected chi connectivity index (χ2v) is 10.2. The van der Waals surface area contributed by atoms with Gasteiger partial charge in [-0.2, -0.15) is 0 Å². The lowest BCUT2D eigenvalue weighted by Gasteiger charge is -2.27. The van der Waals surface area contributed by atoms with E-state index in [4.69, 9.17) is 14.6 Å². The van der Waals surface area contributed by atoms with Crippen LogP contribution in [0.3, 0.4) is 0 Å². The smallest absolute Gasteiger partial charge is 0.396 e. The van der Waals surface area contributed by atoms with Crippen LogP contribution in [-0.2, 0) is 27.0 Å². The summed E-state index contributed by atoms with van der Waals surface area (Å²) in [6, 6.07) is 26.3. The van der Waals surface area contributed by atoms with Crippen molar-refractivity contribution in [3.8, 4) is 11.1 Å². The summed E-state index contributed by atoms with van der Waals surface area (Å²) in [4.78, 5) is 23.4. The van der Waals surface area contributed by atoms with Crippen LogP contribution in [0.1, 0.15) is 37.0 Å². The highest BCUT2D eigenvalue weighted by Gasteiger charge is 2.28. The minimum Gasteiger partial charge on any atom is -0.396 e. The normalized spacial score (nSPS) is 13.9. The summed E-state index contributed by atoms with van der Waals surface area (Å²) >= 11 is 0. The van der Waals surface area contributed by atoms with Crippen LogP contribution in [0.25, 0.3) is 11.1 Å². The molecule has 3 rings (SSSR count). The van der Waals surface area contributed by atoms with Gasteiger partial charge in [-0.05, 0) is 47.6 Å². The molecule has 1 atom stereocenters. The SMILES string of the molecule is C/C(=N\OCc1ccc(-c2ccccc2)cc1)c1ccc(CCC(C)(CO)COP(=O)(O)O)cc1. The summed E-state index contributed by atoms with van der Waals surface area (Å²) in [5.41, 5.74) is 5.35. The minimum absolute atomic E-state index is 0.218. The lowest BCUT2D eigenvalue weighted by Crippen LogP contribution is -2.28. The molecule has 0 aliphatic rings. The molecule has 3 aromatic rings. The molecule has 3 aromatic carbocycles. The second-order valence-electron chi connectivity index (χ2n) is 8.94. The van der Waals surface area contributed by atoms with Crippen molar-refractivity contribution in [1.82, 2.24) is 0 Å². The minimum atomic E-state index is -4.57. The fraction of sp³-hybridized carbons (Fsp3) is 0.296. The number of phosphoric acid groups is 1. The van der Waals surface area contributed by atoms with Crippen molar-refractivity contribution in [1.29, 1.82) is 0 Å². The molecule has 0 saturated heterocycles. The first kappa shape index (κ1) is 26.8. The number of aliphatic hydroxyl groups excluding tert-OH is 1. The van der Waals surface area contributed by atoms with Gasteiger partial charge in [-0.25, -0.2) is 4.57 Å².